The molecule has 1 amide bonds. The maximum Gasteiger partial charge on any atom is 0.224 e. The smallest absolute Gasteiger partial charge is 0.224 e. The van der Waals surface area contributed by atoms with E-state index in [4.69, 9.17) is 5.73 Å². The first kappa shape index (κ1) is 14.8. The maximum atomic E-state index is 12.2. The highest BCUT2D eigenvalue weighted by Gasteiger charge is 2.68. The lowest BCUT2D eigenvalue weighted by atomic mass is 10.0. The van der Waals surface area contributed by atoms with E-state index in [0.29, 0.717) is 12.5 Å². The van der Waals surface area contributed by atoms with Crippen LogP contribution >= 0.6 is 12.4 Å². The first-order valence-corrected chi connectivity index (χ1v) is 6.33. The summed E-state index contributed by atoms with van der Waals surface area (Å²) < 4.78 is 0. The van der Waals surface area contributed by atoms with Crippen molar-refractivity contribution in [3.63, 3.8) is 0 Å². The zero-order valence-corrected chi connectivity index (χ0v) is 12.1. The average molecular weight is 261 g/mol. The van der Waals surface area contributed by atoms with E-state index in [1.54, 1.807) is 0 Å². The average Bonchev–Trinajstić information content (AvgIpc) is 3.01. The van der Waals surface area contributed by atoms with Crippen molar-refractivity contribution in [1.29, 1.82) is 0 Å². The van der Waals surface area contributed by atoms with Gasteiger partial charge in [-0.3, -0.25) is 4.79 Å². The molecule has 100 valence electrons. The number of amides is 1. The standard InChI is InChI=1S/C13H24N2O.ClH/c1-12(2)10(13(12,3)4)11(16)15-9(7-14)8-5-6-8;/h8-10H,5-7,14H2,1-4H3,(H,15,16);1H. The molecule has 4 heteroatoms. The van der Waals surface area contributed by atoms with Gasteiger partial charge in [0.15, 0.2) is 0 Å². The minimum Gasteiger partial charge on any atom is -0.352 e. The first-order valence-electron chi connectivity index (χ1n) is 6.33. The van der Waals surface area contributed by atoms with Crippen molar-refractivity contribution in [3.05, 3.63) is 0 Å². The first-order chi connectivity index (χ1) is 7.32. The predicted molar refractivity (Wildman–Crippen MR) is 72.0 cm³/mol. The second-order valence-corrected chi connectivity index (χ2v) is 6.56. The fraction of sp³-hybridized carbons (Fsp3) is 0.923. The maximum absolute atomic E-state index is 12.2. The van der Waals surface area contributed by atoms with Crippen LogP contribution in [0, 0.1) is 22.7 Å². The summed E-state index contributed by atoms with van der Waals surface area (Å²) in [5, 5.41) is 3.14. The molecule has 3 N–H and O–H groups in total. The number of nitrogens with one attached hydrogen (secondary N) is 1. The summed E-state index contributed by atoms with van der Waals surface area (Å²) in [5.41, 5.74) is 5.95. The van der Waals surface area contributed by atoms with Crippen LogP contribution in [0.25, 0.3) is 0 Å². The molecule has 1 atom stereocenters. The number of hydrogen-bond donors (Lipinski definition) is 2. The number of rotatable bonds is 4. The molecule has 2 fully saturated rings. The lowest BCUT2D eigenvalue weighted by Crippen LogP contribution is -2.43. The van der Waals surface area contributed by atoms with E-state index in [2.05, 4.69) is 33.0 Å². The SMILES string of the molecule is CC1(C)C(C(=O)NC(CN)C2CC2)C1(C)C.Cl. The molecule has 0 spiro atoms. The van der Waals surface area contributed by atoms with Gasteiger partial charge in [0.25, 0.3) is 0 Å². The fourth-order valence-electron chi connectivity index (χ4n) is 2.99. The largest absolute Gasteiger partial charge is 0.352 e. The van der Waals surface area contributed by atoms with Crippen molar-refractivity contribution in [2.75, 3.05) is 6.54 Å². The Kier molecular flexibility index (Phi) is 3.85. The van der Waals surface area contributed by atoms with Gasteiger partial charge >= 0.3 is 0 Å². The van der Waals surface area contributed by atoms with Crippen LogP contribution in [0.2, 0.25) is 0 Å². The van der Waals surface area contributed by atoms with Crippen molar-refractivity contribution < 1.29 is 4.79 Å². The molecule has 0 aliphatic heterocycles. The fourth-order valence-corrected chi connectivity index (χ4v) is 2.99. The molecule has 17 heavy (non-hydrogen) atoms. The van der Waals surface area contributed by atoms with Crippen LogP contribution in [-0.2, 0) is 4.79 Å². The number of halogens is 1. The van der Waals surface area contributed by atoms with E-state index in [1.807, 2.05) is 0 Å². The summed E-state index contributed by atoms with van der Waals surface area (Å²) in [7, 11) is 0. The monoisotopic (exact) mass is 260 g/mol. The summed E-state index contributed by atoms with van der Waals surface area (Å²) in [4.78, 5) is 12.2. The van der Waals surface area contributed by atoms with Crippen LogP contribution < -0.4 is 11.1 Å². The number of hydrogen-bond acceptors (Lipinski definition) is 2. The second kappa shape index (κ2) is 4.43. The van der Waals surface area contributed by atoms with Gasteiger partial charge in [-0.05, 0) is 29.6 Å². The third-order valence-corrected chi connectivity index (χ3v) is 5.06. The minimum absolute atomic E-state index is 0. The molecule has 0 aromatic carbocycles. The normalized spacial score (nSPS) is 26.9. The molecule has 0 radical (unpaired) electrons. The molecular weight excluding hydrogens is 236 g/mol. The van der Waals surface area contributed by atoms with Crippen LogP contribution in [0.5, 0.6) is 0 Å². The lowest BCUT2D eigenvalue weighted by Gasteiger charge is -2.16. The van der Waals surface area contributed by atoms with Crippen molar-refractivity contribution in [1.82, 2.24) is 5.32 Å². The number of carbonyl (C=O) groups is 1. The number of nitrogens with two attached hydrogens (primary N) is 1. The molecule has 3 nitrogen and oxygen atoms in total. The third kappa shape index (κ3) is 2.32. The summed E-state index contributed by atoms with van der Waals surface area (Å²) in [6.45, 7) is 9.26. The van der Waals surface area contributed by atoms with E-state index < -0.39 is 0 Å². The Morgan fingerprint density at radius 3 is 2.06 bits per heavy atom. The molecule has 2 aliphatic rings. The Labute approximate surface area is 110 Å². The molecule has 0 saturated heterocycles. The topological polar surface area (TPSA) is 55.1 Å². The van der Waals surface area contributed by atoms with Crippen molar-refractivity contribution in [2.45, 2.75) is 46.6 Å². The van der Waals surface area contributed by atoms with E-state index >= 15 is 0 Å². The lowest BCUT2D eigenvalue weighted by molar-refractivity contribution is -0.124. The van der Waals surface area contributed by atoms with Crippen molar-refractivity contribution >= 4 is 18.3 Å². The molecule has 0 aromatic heterocycles. The van der Waals surface area contributed by atoms with Gasteiger partial charge in [0.2, 0.25) is 5.91 Å². The van der Waals surface area contributed by atoms with Crippen LogP contribution in [0.1, 0.15) is 40.5 Å². The highest BCUT2D eigenvalue weighted by Crippen LogP contribution is 2.68. The molecule has 1 unspecified atom stereocenters. The van der Waals surface area contributed by atoms with Crippen LogP contribution in [0.15, 0.2) is 0 Å². The summed E-state index contributed by atoms with van der Waals surface area (Å²) in [6.07, 6.45) is 2.44. The zero-order valence-electron chi connectivity index (χ0n) is 11.2. The molecule has 2 rings (SSSR count). The van der Waals surface area contributed by atoms with Crippen LogP contribution in [0.4, 0.5) is 0 Å². The van der Waals surface area contributed by atoms with Crippen molar-refractivity contribution in [3.8, 4) is 0 Å². The third-order valence-electron chi connectivity index (χ3n) is 5.06. The van der Waals surface area contributed by atoms with E-state index in [0.717, 1.165) is 0 Å². The van der Waals surface area contributed by atoms with E-state index in [1.165, 1.54) is 12.8 Å². The Morgan fingerprint density at radius 2 is 1.76 bits per heavy atom. The zero-order chi connectivity index (χ0) is 12.1. The highest BCUT2D eigenvalue weighted by atomic mass is 35.5. The van der Waals surface area contributed by atoms with E-state index in [-0.39, 0.29) is 41.1 Å². The minimum atomic E-state index is 0. The quantitative estimate of drug-likeness (QED) is 0.812. The molecule has 0 bridgehead atoms. The Balaban J connectivity index is 0.00000144. The summed E-state index contributed by atoms with van der Waals surface area (Å²) in [5.74, 6) is 0.990. The number of carbonyl (C=O) groups excluding carboxylic acids is 1. The molecule has 2 aliphatic carbocycles. The summed E-state index contributed by atoms with van der Waals surface area (Å²) >= 11 is 0. The van der Waals surface area contributed by atoms with Gasteiger partial charge in [0, 0.05) is 18.5 Å². The van der Waals surface area contributed by atoms with E-state index in [9.17, 15) is 4.79 Å². The van der Waals surface area contributed by atoms with Gasteiger partial charge in [-0.25, -0.2) is 0 Å². The molecular formula is C13H25ClN2O. The highest BCUT2D eigenvalue weighted by molar-refractivity contribution is 5.85. The Morgan fingerprint density at radius 1 is 1.29 bits per heavy atom. The van der Waals surface area contributed by atoms with Gasteiger partial charge in [0.05, 0.1) is 0 Å². The second-order valence-electron chi connectivity index (χ2n) is 6.56. The van der Waals surface area contributed by atoms with Gasteiger partial charge in [-0.1, -0.05) is 27.7 Å². The molecule has 0 aromatic rings. The van der Waals surface area contributed by atoms with Gasteiger partial charge in [-0.15, -0.1) is 12.4 Å². The van der Waals surface area contributed by atoms with Crippen LogP contribution in [-0.4, -0.2) is 18.5 Å². The van der Waals surface area contributed by atoms with Gasteiger partial charge in [0.1, 0.15) is 0 Å². The molecule has 0 heterocycles. The predicted octanol–water partition coefficient (Wildman–Crippen LogP) is 1.94. The molecule has 2 saturated carbocycles. The van der Waals surface area contributed by atoms with Crippen molar-refractivity contribution in [2.24, 2.45) is 28.4 Å². The van der Waals surface area contributed by atoms with Crippen LogP contribution in [0.3, 0.4) is 0 Å². The summed E-state index contributed by atoms with van der Waals surface area (Å²) in [6, 6.07) is 0.208. The van der Waals surface area contributed by atoms with Gasteiger partial charge in [-0.2, -0.15) is 0 Å². The Bertz CT molecular complexity index is 297. The Hall–Kier alpha value is -0.280. The van der Waals surface area contributed by atoms with Gasteiger partial charge < -0.3 is 11.1 Å².